The van der Waals surface area contributed by atoms with Crippen LogP contribution >= 0.6 is 11.8 Å². The van der Waals surface area contributed by atoms with Gasteiger partial charge in [-0.1, -0.05) is 18.2 Å². The van der Waals surface area contributed by atoms with Gasteiger partial charge >= 0.3 is 6.18 Å². The lowest BCUT2D eigenvalue weighted by Gasteiger charge is -2.42. The number of fused-ring (bicyclic) bond motifs is 1. The van der Waals surface area contributed by atoms with Crippen molar-refractivity contribution in [3.05, 3.63) is 36.4 Å². The second-order valence-corrected chi connectivity index (χ2v) is 9.60. The van der Waals surface area contributed by atoms with Crippen LogP contribution in [-0.2, 0) is 6.18 Å². The van der Waals surface area contributed by atoms with Crippen LogP contribution in [0.5, 0.6) is 0 Å². The fourth-order valence-electron chi connectivity index (χ4n) is 5.01. The van der Waals surface area contributed by atoms with Crippen LogP contribution in [0.3, 0.4) is 0 Å². The number of rotatable bonds is 3. The molecule has 11 heteroatoms. The summed E-state index contributed by atoms with van der Waals surface area (Å²) in [6, 6.07) is 3.09. The summed E-state index contributed by atoms with van der Waals surface area (Å²) < 4.78 is 42.0. The molecule has 1 saturated carbocycles. The summed E-state index contributed by atoms with van der Waals surface area (Å²) >= 11 is 0.884. The fourth-order valence-corrected chi connectivity index (χ4v) is 6.04. The normalized spacial score (nSPS) is 21.0. The molecule has 3 aromatic heterocycles. The van der Waals surface area contributed by atoms with Gasteiger partial charge in [0.25, 0.3) is 0 Å². The van der Waals surface area contributed by atoms with Crippen LogP contribution in [0.15, 0.2) is 40.5 Å². The van der Waals surface area contributed by atoms with E-state index < -0.39 is 11.9 Å². The Morgan fingerprint density at radius 2 is 1.91 bits per heavy atom. The molecule has 0 aromatic carbocycles. The number of nitrogens with zero attached hydrogens (tertiary/aromatic N) is 5. The molecule has 5 rings (SSSR count). The van der Waals surface area contributed by atoms with E-state index in [4.69, 9.17) is 11.5 Å². The molecule has 1 unspecified atom stereocenters. The highest BCUT2D eigenvalue weighted by atomic mass is 32.2. The molecule has 4 N–H and O–H groups in total. The van der Waals surface area contributed by atoms with Gasteiger partial charge in [-0.2, -0.15) is 18.2 Å². The van der Waals surface area contributed by atoms with Crippen molar-refractivity contribution in [3.63, 3.8) is 0 Å². The number of hydrogen-bond donors (Lipinski definition) is 2. The fraction of sp³-hybridized carbons (Fsp3) is 0.476. The lowest BCUT2D eigenvalue weighted by molar-refractivity contribution is -0.143. The molecule has 32 heavy (non-hydrogen) atoms. The summed E-state index contributed by atoms with van der Waals surface area (Å²) in [5, 5.41) is 0. The predicted molar refractivity (Wildman–Crippen MR) is 116 cm³/mol. The second kappa shape index (κ2) is 7.80. The van der Waals surface area contributed by atoms with Gasteiger partial charge in [-0.25, -0.2) is 4.98 Å². The Balaban J connectivity index is 1.47. The Bertz CT molecular complexity index is 1140. The molecule has 1 spiro atoms. The lowest BCUT2D eigenvalue weighted by atomic mass is 9.74. The number of halogens is 3. The Morgan fingerprint density at radius 1 is 1.12 bits per heavy atom. The van der Waals surface area contributed by atoms with Crippen LogP contribution < -0.4 is 16.4 Å². The molecule has 3 aromatic rings. The molecular weight excluding hydrogens is 439 g/mol. The summed E-state index contributed by atoms with van der Waals surface area (Å²) in [5.41, 5.74) is 12.4. The maximum atomic E-state index is 13.4. The maximum absolute atomic E-state index is 13.4. The SMILES string of the molecule is Nc1nc(N2CCC3(CCCC3N)CC2)n2ccnc2c1Sc1cccnc1C(F)(F)F. The van der Waals surface area contributed by atoms with Gasteiger partial charge in [0.15, 0.2) is 11.3 Å². The molecule has 0 bridgehead atoms. The van der Waals surface area contributed by atoms with E-state index in [1.807, 2.05) is 0 Å². The Kier molecular flexibility index (Phi) is 5.20. The molecule has 7 nitrogen and oxygen atoms in total. The minimum Gasteiger partial charge on any atom is -0.383 e. The highest BCUT2D eigenvalue weighted by molar-refractivity contribution is 7.99. The summed E-state index contributed by atoms with van der Waals surface area (Å²) in [4.78, 5) is 15.0. The highest BCUT2D eigenvalue weighted by Crippen LogP contribution is 2.46. The zero-order valence-corrected chi connectivity index (χ0v) is 18.2. The molecule has 2 fully saturated rings. The predicted octanol–water partition coefficient (Wildman–Crippen LogP) is 3.97. The molecular formula is C21H24F3N7S. The van der Waals surface area contributed by atoms with Crippen molar-refractivity contribution >= 4 is 29.2 Å². The van der Waals surface area contributed by atoms with E-state index in [0.29, 0.717) is 16.5 Å². The minimum absolute atomic E-state index is 0.0405. The van der Waals surface area contributed by atoms with Gasteiger partial charge in [-0.15, -0.1) is 0 Å². The molecule has 2 aliphatic rings. The molecule has 4 heterocycles. The van der Waals surface area contributed by atoms with Crippen molar-refractivity contribution in [2.75, 3.05) is 23.7 Å². The quantitative estimate of drug-likeness (QED) is 0.606. The van der Waals surface area contributed by atoms with Crippen LogP contribution in [0.1, 0.15) is 37.8 Å². The number of hydrogen-bond acceptors (Lipinski definition) is 7. The van der Waals surface area contributed by atoms with Gasteiger partial charge in [0.1, 0.15) is 5.82 Å². The standard InChI is InChI=1S/C21H24F3N7S/c22-21(23,24)16-13(3-2-8-27-16)32-15-17(26)29-19(31-12-9-28-18(15)31)30-10-6-20(7-11-30)5-1-4-14(20)25/h2-3,8-9,12,14H,1,4-7,10-11,25-26H2. The second-order valence-electron chi connectivity index (χ2n) is 8.55. The van der Waals surface area contributed by atoms with E-state index in [1.54, 1.807) is 16.8 Å². The van der Waals surface area contributed by atoms with E-state index in [0.717, 1.165) is 50.3 Å². The van der Waals surface area contributed by atoms with Crippen LogP contribution in [0.2, 0.25) is 0 Å². The van der Waals surface area contributed by atoms with Crippen LogP contribution in [0.25, 0.3) is 5.65 Å². The summed E-state index contributed by atoms with van der Waals surface area (Å²) in [7, 11) is 0. The average molecular weight is 464 g/mol. The third kappa shape index (κ3) is 3.57. The number of imidazole rings is 1. The van der Waals surface area contributed by atoms with Crippen LogP contribution in [0.4, 0.5) is 24.9 Å². The number of aromatic nitrogens is 4. The number of piperidine rings is 1. The lowest BCUT2D eigenvalue weighted by Crippen LogP contribution is -2.47. The zero-order chi connectivity index (χ0) is 22.5. The van der Waals surface area contributed by atoms with Crippen molar-refractivity contribution in [1.82, 2.24) is 19.4 Å². The first-order valence-electron chi connectivity index (χ1n) is 10.6. The van der Waals surface area contributed by atoms with Gasteiger partial charge in [-0.3, -0.25) is 9.38 Å². The molecule has 1 aliphatic heterocycles. The number of alkyl halides is 3. The van der Waals surface area contributed by atoms with Crippen molar-refractivity contribution in [1.29, 1.82) is 0 Å². The number of pyridine rings is 1. The molecule has 1 saturated heterocycles. The highest BCUT2D eigenvalue weighted by Gasteiger charge is 2.43. The van der Waals surface area contributed by atoms with Gasteiger partial charge in [0.05, 0.1) is 4.90 Å². The maximum Gasteiger partial charge on any atom is 0.434 e. The van der Waals surface area contributed by atoms with E-state index in [2.05, 4.69) is 19.9 Å². The monoisotopic (exact) mass is 463 g/mol. The Labute approximate surface area is 187 Å². The topological polar surface area (TPSA) is 98.4 Å². The van der Waals surface area contributed by atoms with Crippen molar-refractivity contribution in [2.24, 2.45) is 11.1 Å². The summed E-state index contributed by atoms with van der Waals surface area (Å²) in [6.07, 6.45) is 5.34. The van der Waals surface area contributed by atoms with Gasteiger partial charge < -0.3 is 16.4 Å². The third-order valence-electron chi connectivity index (χ3n) is 6.78. The zero-order valence-electron chi connectivity index (χ0n) is 17.3. The van der Waals surface area contributed by atoms with Crippen molar-refractivity contribution in [3.8, 4) is 0 Å². The average Bonchev–Trinajstić information content (AvgIpc) is 3.38. The van der Waals surface area contributed by atoms with Crippen molar-refractivity contribution < 1.29 is 13.2 Å². The van der Waals surface area contributed by atoms with Gasteiger partial charge in [0.2, 0.25) is 5.95 Å². The Hall–Kier alpha value is -2.53. The first-order chi connectivity index (χ1) is 15.3. The third-order valence-corrected chi connectivity index (χ3v) is 7.93. The van der Waals surface area contributed by atoms with Crippen LogP contribution in [-0.4, -0.2) is 38.5 Å². The first-order valence-corrected chi connectivity index (χ1v) is 11.4. The van der Waals surface area contributed by atoms with E-state index in [9.17, 15) is 13.2 Å². The molecule has 1 aliphatic carbocycles. The molecule has 0 amide bonds. The van der Waals surface area contributed by atoms with Gasteiger partial charge in [0, 0.05) is 42.6 Å². The minimum atomic E-state index is -4.57. The summed E-state index contributed by atoms with van der Waals surface area (Å²) in [5.74, 6) is 0.807. The number of nitrogens with two attached hydrogens (primary N) is 2. The smallest absolute Gasteiger partial charge is 0.383 e. The molecule has 1 atom stereocenters. The number of nitrogen functional groups attached to an aromatic ring is 1. The van der Waals surface area contributed by atoms with Crippen LogP contribution in [0, 0.1) is 5.41 Å². The summed E-state index contributed by atoms with van der Waals surface area (Å²) in [6.45, 7) is 1.61. The van der Waals surface area contributed by atoms with E-state index >= 15 is 0 Å². The molecule has 0 radical (unpaired) electrons. The van der Waals surface area contributed by atoms with Gasteiger partial charge in [-0.05, 0) is 43.2 Å². The van der Waals surface area contributed by atoms with Crippen molar-refractivity contribution in [2.45, 2.75) is 54.1 Å². The van der Waals surface area contributed by atoms with E-state index in [1.165, 1.54) is 25.0 Å². The largest absolute Gasteiger partial charge is 0.434 e. The Morgan fingerprint density at radius 3 is 2.59 bits per heavy atom. The van der Waals surface area contributed by atoms with E-state index in [-0.39, 0.29) is 22.2 Å². The molecule has 170 valence electrons. The number of anilines is 2. The first kappa shape index (κ1) is 21.3.